The number of rotatable bonds is 3. The molecule has 6 heteroatoms. The first-order chi connectivity index (χ1) is 9.91. The summed E-state index contributed by atoms with van der Waals surface area (Å²) in [5.41, 5.74) is 1.27. The Labute approximate surface area is 124 Å². The van der Waals surface area contributed by atoms with E-state index in [1.807, 2.05) is 13.8 Å². The van der Waals surface area contributed by atoms with Crippen LogP contribution in [0.4, 0.5) is 0 Å². The summed E-state index contributed by atoms with van der Waals surface area (Å²) >= 11 is 0. The number of benzene rings is 1. The summed E-state index contributed by atoms with van der Waals surface area (Å²) in [6.07, 6.45) is 2.47. The first-order valence-electron chi connectivity index (χ1n) is 7.00. The normalized spacial score (nSPS) is 22.8. The van der Waals surface area contributed by atoms with E-state index in [-0.39, 0.29) is 0 Å². The van der Waals surface area contributed by atoms with Gasteiger partial charge in [-0.3, -0.25) is 4.98 Å². The van der Waals surface area contributed by atoms with E-state index in [0.717, 1.165) is 24.0 Å². The van der Waals surface area contributed by atoms with Crippen molar-refractivity contribution < 1.29 is 8.42 Å². The van der Waals surface area contributed by atoms with Gasteiger partial charge in [0.15, 0.2) is 0 Å². The van der Waals surface area contributed by atoms with Gasteiger partial charge in [-0.15, -0.1) is 0 Å². The Morgan fingerprint density at radius 3 is 2.86 bits per heavy atom. The van der Waals surface area contributed by atoms with E-state index >= 15 is 0 Å². The van der Waals surface area contributed by atoms with Crippen molar-refractivity contribution >= 4 is 20.9 Å². The third-order valence-electron chi connectivity index (χ3n) is 3.97. The van der Waals surface area contributed by atoms with E-state index in [1.165, 1.54) is 0 Å². The monoisotopic (exact) mass is 305 g/mol. The van der Waals surface area contributed by atoms with Gasteiger partial charge < -0.3 is 5.32 Å². The Morgan fingerprint density at radius 2 is 2.14 bits per heavy atom. The van der Waals surface area contributed by atoms with Crippen LogP contribution < -0.4 is 10.0 Å². The molecule has 1 aromatic carbocycles. The summed E-state index contributed by atoms with van der Waals surface area (Å²) in [5.74, 6) is 0. The van der Waals surface area contributed by atoms with Crippen molar-refractivity contribution in [2.45, 2.75) is 30.7 Å². The van der Waals surface area contributed by atoms with E-state index < -0.39 is 15.6 Å². The number of hydrogen-bond acceptors (Lipinski definition) is 4. The second-order valence-corrected chi connectivity index (χ2v) is 7.52. The molecule has 0 aliphatic carbocycles. The van der Waals surface area contributed by atoms with Gasteiger partial charge in [-0.1, -0.05) is 6.07 Å². The second kappa shape index (κ2) is 5.05. The number of aryl methyl sites for hydroxylation is 1. The van der Waals surface area contributed by atoms with Crippen LogP contribution in [0.1, 0.15) is 18.9 Å². The number of nitrogens with one attached hydrogen (secondary N) is 2. The van der Waals surface area contributed by atoms with E-state index in [0.29, 0.717) is 16.8 Å². The van der Waals surface area contributed by atoms with Gasteiger partial charge in [0.05, 0.1) is 10.4 Å². The van der Waals surface area contributed by atoms with Crippen LogP contribution in [-0.2, 0) is 10.0 Å². The highest BCUT2D eigenvalue weighted by atomic mass is 32.2. The highest BCUT2D eigenvalue weighted by molar-refractivity contribution is 7.89. The largest absolute Gasteiger partial charge is 0.315 e. The van der Waals surface area contributed by atoms with Crippen molar-refractivity contribution in [1.29, 1.82) is 0 Å². The van der Waals surface area contributed by atoms with Crippen molar-refractivity contribution in [1.82, 2.24) is 15.0 Å². The SMILES string of the molecule is Cc1ccc(S(=O)(=O)NC2(C)CCNC2)c2cccnc12. The van der Waals surface area contributed by atoms with Crippen LogP contribution in [0.25, 0.3) is 10.9 Å². The molecule has 1 unspecified atom stereocenters. The Bertz CT molecular complexity index is 781. The number of sulfonamides is 1. The fraction of sp³-hybridized carbons (Fsp3) is 0.400. The molecule has 3 rings (SSSR count). The quantitative estimate of drug-likeness (QED) is 0.903. The molecule has 2 N–H and O–H groups in total. The smallest absolute Gasteiger partial charge is 0.241 e. The summed E-state index contributed by atoms with van der Waals surface area (Å²) in [6, 6.07) is 7.03. The predicted octanol–water partition coefficient (Wildman–Crippen LogP) is 1.57. The summed E-state index contributed by atoms with van der Waals surface area (Å²) in [7, 11) is -3.58. The lowest BCUT2D eigenvalue weighted by Crippen LogP contribution is -2.47. The molecule has 1 aromatic heterocycles. The summed E-state index contributed by atoms with van der Waals surface area (Å²) in [6.45, 7) is 5.34. The summed E-state index contributed by atoms with van der Waals surface area (Å²) in [5, 5.41) is 3.86. The maximum atomic E-state index is 12.8. The lowest BCUT2D eigenvalue weighted by molar-refractivity contribution is 0.452. The molecule has 1 atom stereocenters. The Hall–Kier alpha value is -1.50. The predicted molar refractivity (Wildman–Crippen MR) is 82.7 cm³/mol. The molecule has 0 spiro atoms. The maximum Gasteiger partial charge on any atom is 0.241 e. The molecular formula is C15H19N3O2S. The maximum absolute atomic E-state index is 12.8. The Morgan fingerprint density at radius 1 is 1.33 bits per heavy atom. The molecule has 112 valence electrons. The van der Waals surface area contributed by atoms with Crippen molar-refractivity contribution in [2.75, 3.05) is 13.1 Å². The molecule has 0 saturated carbocycles. The van der Waals surface area contributed by atoms with E-state index in [2.05, 4.69) is 15.0 Å². The average Bonchev–Trinajstić information content (AvgIpc) is 2.84. The molecule has 1 aliphatic heterocycles. The highest BCUT2D eigenvalue weighted by Gasteiger charge is 2.34. The van der Waals surface area contributed by atoms with Gasteiger partial charge in [-0.05, 0) is 50.6 Å². The standard InChI is InChI=1S/C15H19N3O2S/c1-11-5-6-13(12-4-3-8-17-14(11)12)21(19,20)18-15(2)7-9-16-10-15/h3-6,8,16,18H,7,9-10H2,1-2H3. The molecule has 21 heavy (non-hydrogen) atoms. The van der Waals surface area contributed by atoms with Gasteiger partial charge in [-0.2, -0.15) is 0 Å². The molecule has 0 radical (unpaired) electrons. The zero-order chi connectivity index (χ0) is 15.1. The zero-order valence-electron chi connectivity index (χ0n) is 12.2. The zero-order valence-corrected chi connectivity index (χ0v) is 13.0. The number of fused-ring (bicyclic) bond motifs is 1. The first kappa shape index (κ1) is 14.4. The van der Waals surface area contributed by atoms with Crippen molar-refractivity contribution in [3.63, 3.8) is 0 Å². The van der Waals surface area contributed by atoms with E-state index in [9.17, 15) is 8.42 Å². The lowest BCUT2D eigenvalue weighted by atomic mass is 10.0. The van der Waals surface area contributed by atoms with Gasteiger partial charge in [-0.25, -0.2) is 13.1 Å². The van der Waals surface area contributed by atoms with Gasteiger partial charge in [0.2, 0.25) is 10.0 Å². The van der Waals surface area contributed by atoms with Crippen molar-refractivity contribution in [3.05, 3.63) is 36.0 Å². The molecule has 5 nitrogen and oxygen atoms in total. The van der Waals surface area contributed by atoms with Gasteiger partial charge in [0.25, 0.3) is 0 Å². The number of aromatic nitrogens is 1. The average molecular weight is 305 g/mol. The van der Waals surface area contributed by atoms with E-state index in [4.69, 9.17) is 0 Å². The Kier molecular flexibility index (Phi) is 3.47. The minimum Gasteiger partial charge on any atom is -0.315 e. The lowest BCUT2D eigenvalue weighted by Gasteiger charge is -2.24. The number of nitrogens with zero attached hydrogens (tertiary/aromatic N) is 1. The van der Waals surface area contributed by atoms with Crippen LogP contribution in [0.5, 0.6) is 0 Å². The highest BCUT2D eigenvalue weighted by Crippen LogP contribution is 2.26. The van der Waals surface area contributed by atoms with Crippen LogP contribution in [0, 0.1) is 6.92 Å². The molecule has 1 aliphatic rings. The van der Waals surface area contributed by atoms with Crippen molar-refractivity contribution in [2.24, 2.45) is 0 Å². The topological polar surface area (TPSA) is 71.1 Å². The molecule has 1 fully saturated rings. The minimum absolute atomic E-state index is 0.296. The summed E-state index contributed by atoms with van der Waals surface area (Å²) in [4.78, 5) is 4.60. The van der Waals surface area contributed by atoms with Gasteiger partial charge in [0.1, 0.15) is 0 Å². The molecule has 1 saturated heterocycles. The van der Waals surface area contributed by atoms with Crippen LogP contribution in [0.2, 0.25) is 0 Å². The van der Waals surface area contributed by atoms with Crippen LogP contribution >= 0.6 is 0 Å². The second-order valence-electron chi connectivity index (χ2n) is 5.87. The molecule has 0 bridgehead atoms. The minimum atomic E-state index is -3.58. The number of pyridine rings is 1. The molecule has 0 amide bonds. The first-order valence-corrected chi connectivity index (χ1v) is 8.49. The molecular weight excluding hydrogens is 286 g/mol. The summed E-state index contributed by atoms with van der Waals surface area (Å²) < 4.78 is 28.3. The van der Waals surface area contributed by atoms with Gasteiger partial charge in [0, 0.05) is 23.7 Å². The van der Waals surface area contributed by atoms with Crippen LogP contribution in [-0.4, -0.2) is 32.0 Å². The fourth-order valence-corrected chi connectivity index (χ4v) is 4.44. The molecule has 2 aromatic rings. The Balaban J connectivity index is 2.09. The van der Waals surface area contributed by atoms with Crippen LogP contribution in [0.3, 0.4) is 0 Å². The van der Waals surface area contributed by atoms with Gasteiger partial charge >= 0.3 is 0 Å². The van der Waals surface area contributed by atoms with E-state index in [1.54, 1.807) is 30.5 Å². The van der Waals surface area contributed by atoms with Crippen molar-refractivity contribution in [3.8, 4) is 0 Å². The third-order valence-corrected chi connectivity index (χ3v) is 5.67. The molecule has 2 heterocycles. The van der Waals surface area contributed by atoms with Crippen LogP contribution in [0.15, 0.2) is 35.4 Å². The fourth-order valence-electron chi connectivity index (χ4n) is 2.81. The third kappa shape index (κ3) is 2.66. The number of hydrogen-bond donors (Lipinski definition) is 2.